The van der Waals surface area contributed by atoms with Gasteiger partial charge in [-0.05, 0) is 62.8 Å². The van der Waals surface area contributed by atoms with Crippen molar-refractivity contribution in [1.29, 1.82) is 0 Å². The van der Waals surface area contributed by atoms with Crippen LogP contribution in [-0.4, -0.2) is 20.1 Å². The summed E-state index contributed by atoms with van der Waals surface area (Å²) in [6.07, 6.45) is 7.94. The van der Waals surface area contributed by atoms with Crippen LogP contribution in [0.2, 0.25) is 0 Å². The second-order valence-electron chi connectivity index (χ2n) is 6.55. The number of benzene rings is 2. The third-order valence-corrected chi connectivity index (χ3v) is 4.62. The Morgan fingerprint density at radius 2 is 1.83 bits per heavy atom. The first kappa shape index (κ1) is 14.9. The van der Waals surface area contributed by atoms with E-state index in [1.54, 1.807) is 4.80 Å². The van der Waals surface area contributed by atoms with Gasteiger partial charge in [0.25, 0.3) is 0 Å². The molecule has 4 nitrogen and oxygen atoms in total. The van der Waals surface area contributed by atoms with Gasteiger partial charge in [0.2, 0.25) is 0 Å². The molecule has 0 aliphatic heterocycles. The molecule has 1 aromatic heterocycles. The third kappa shape index (κ3) is 2.80. The van der Waals surface area contributed by atoms with Crippen molar-refractivity contribution in [3.05, 3.63) is 59.2 Å². The van der Waals surface area contributed by atoms with E-state index in [9.17, 15) is 5.11 Å². The molecule has 4 heteroatoms. The highest BCUT2D eigenvalue weighted by atomic mass is 16.3. The van der Waals surface area contributed by atoms with Crippen LogP contribution >= 0.6 is 0 Å². The van der Waals surface area contributed by atoms with Crippen molar-refractivity contribution < 1.29 is 5.11 Å². The molecule has 1 N–H and O–H groups in total. The number of aromatic nitrogens is 3. The second kappa shape index (κ2) is 6.11. The summed E-state index contributed by atoms with van der Waals surface area (Å²) in [5, 5.41) is 19.8. The number of phenols is 1. The van der Waals surface area contributed by atoms with Gasteiger partial charge < -0.3 is 5.11 Å². The minimum atomic E-state index is 0.285. The Kier molecular flexibility index (Phi) is 3.81. The van der Waals surface area contributed by atoms with Crippen LogP contribution in [0.4, 0.5) is 0 Å². The van der Waals surface area contributed by atoms with E-state index in [0.29, 0.717) is 5.69 Å². The van der Waals surface area contributed by atoms with Gasteiger partial charge in [-0.15, -0.1) is 15.0 Å². The standard InChI is InChI=1S/C20H21N3O/c1-14-11-16(13-15-7-3-2-4-8-15)20(24)19(12-14)23-21-17-9-5-6-10-18(17)22-23/h5-7,9-12,24H,2-4,8,13H2,1H3. The highest BCUT2D eigenvalue weighted by Crippen LogP contribution is 2.31. The zero-order chi connectivity index (χ0) is 16.5. The molecular formula is C20H21N3O. The van der Waals surface area contributed by atoms with Crippen LogP contribution in [0.1, 0.15) is 36.8 Å². The molecule has 0 spiro atoms. The first-order valence-electron chi connectivity index (χ1n) is 8.53. The number of phenolic OH excluding ortho intramolecular Hbond substituents is 1. The number of nitrogens with zero attached hydrogens (tertiary/aromatic N) is 3. The number of hydrogen-bond donors (Lipinski definition) is 1. The number of rotatable bonds is 3. The predicted molar refractivity (Wildman–Crippen MR) is 95.5 cm³/mol. The van der Waals surface area contributed by atoms with Gasteiger partial charge in [-0.25, -0.2) is 0 Å². The summed E-state index contributed by atoms with van der Waals surface area (Å²) in [5.41, 5.74) is 5.80. The van der Waals surface area contributed by atoms with E-state index in [-0.39, 0.29) is 5.75 Å². The molecule has 4 rings (SSSR count). The van der Waals surface area contributed by atoms with Gasteiger partial charge in [-0.3, -0.25) is 0 Å². The van der Waals surface area contributed by atoms with Crippen LogP contribution in [0.15, 0.2) is 48.0 Å². The molecule has 0 saturated carbocycles. The van der Waals surface area contributed by atoms with Gasteiger partial charge >= 0.3 is 0 Å². The minimum absolute atomic E-state index is 0.285. The Morgan fingerprint density at radius 1 is 1.08 bits per heavy atom. The summed E-state index contributed by atoms with van der Waals surface area (Å²) in [6.45, 7) is 2.05. The summed E-state index contributed by atoms with van der Waals surface area (Å²) >= 11 is 0. The van der Waals surface area contributed by atoms with E-state index in [1.165, 1.54) is 18.4 Å². The molecule has 24 heavy (non-hydrogen) atoms. The molecule has 0 fully saturated rings. The van der Waals surface area contributed by atoms with E-state index in [4.69, 9.17) is 0 Å². The Bertz CT molecular complexity index is 891. The maximum atomic E-state index is 10.8. The van der Waals surface area contributed by atoms with Gasteiger partial charge in [0.05, 0.1) is 0 Å². The van der Waals surface area contributed by atoms with E-state index >= 15 is 0 Å². The van der Waals surface area contributed by atoms with Crippen molar-refractivity contribution in [2.24, 2.45) is 0 Å². The lowest BCUT2D eigenvalue weighted by Crippen LogP contribution is -2.03. The normalized spacial score (nSPS) is 14.8. The molecule has 0 atom stereocenters. The Morgan fingerprint density at radius 3 is 2.50 bits per heavy atom. The lowest BCUT2D eigenvalue weighted by Gasteiger charge is -2.15. The second-order valence-corrected chi connectivity index (χ2v) is 6.55. The van der Waals surface area contributed by atoms with Crippen molar-refractivity contribution in [3.8, 4) is 11.4 Å². The van der Waals surface area contributed by atoms with Gasteiger partial charge in [0.15, 0.2) is 0 Å². The Balaban J connectivity index is 1.76. The van der Waals surface area contributed by atoms with Crippen LogP contribution in [0.3, 0.4) is 0 Å². The quantitative estimate of drug-likeness (QED) is 0.724. The SMILES string of the molecule is Cc1cc(CC2=CCCCC2)c(O)c(-n2nc3ccccc3n2)c1. The molecule has 3 aromatic rings. The Labute approximate surface area is 141 Å². The van der Waals surface area contributed by atoms with E-state index in [2.05, 4.69) is 22.3 Å². The number of hydrogen-bond acceptors (Lipinski definition) is 3. The van der Waals surface area contributed by atoms with Crippen LogP contribution in [0.25, 0.3) is 16.7 Å². The van der Waals surface area contributed by atoms with Crippen LogP contribution in [0.5, 0.6) is 5.75 Å². The molecule has 0 amide bonds. The minimum Gasteiger partial charge on any atom is -0.505 e. The van der Waals surface area contributed by atoms with E-state index in [1.807, 2.05) is 37.3 Å². The molecule has 1 aliphatic carbocycles. The molecule has 1 heterocycles. The molecule has 2 aromatic carbocycles. The molecule has 0 bridgehead atoms. The number of aryl methyl sites for hydroxylation is 1. The van der Waals surface area contributed by atoms with Crippen molar-refractivity contribution in [1.82, 2.24) is 15.0 Å². The monoisotopic (exact) mass is 319 g/mol. The van der Waals surface area contributed by atoms with Crippen molar-refractivity contribution in [3.63, 3.8) is 0 Å². The molecule has 122 valence electrons. The number of aromatic hydroxyl groups is 1. The zero-order valence-corrected chi connectivity index (χ0v) is 13.9. The lowest BCUT2D eigenvalue weighted by molar-refractivity contribution is 0.461. The topological polar surface area (TPSA) is 50.9 Å². The maximum absolute atomic E-state index is 10.8. The molecule has 1 aliphatic rings. The fraction of sp³-hybridized carbons (Fsp3) is 0.300. The van der Waals surface area contributed by atoms with Crippen LogP contribution in [-0.2, 0) is 6.42 Å². The number of allylic oxidation sites excluding steroid dienone is 2. The number of fused-ring (bicyclic) bond motifs is 1. The first-order chi connectivity index (χ1) is 11.7. The largest absolute Gasteiger partial charge is 0.505 e. The van der Waals surface area contributed by atoms with Crippen LogP contribution in [0, 0.1) is 6.92 Å². The summed E-state index contributed by atoms with van der Waals surface area (Å²) in [6, 6.07) is 11.8. The van der Waals surface area contributed by atoms with Crippen molar-refractivity contribution in [2.45, 2.75) is 39.0 Å². The Hall–Kier alpha value is -2.62. The average molecular weight is 319 g/mol. The maximum Gasteiger partial charge on any atom is 0.146 e. The van der Waals surface area contributed by atoms with Gasteiger partial charge in [-0.2, -0.15) is 0 Å². The summed E-state index contributed by atoms with van der Waals surface area (Å²) in [7, 11) is 0. The average Bonchev–Trinajstić information content (AvgIpc) is 3.02. The van der Waals surface area contributed by atoms with Crippen LogP contribution < -0.4 is 0 Å². The zero-order valence-electron chi connectivity index (χ0n) is 13.9. The first-order valence-corrected chi connectivity index (χ1v) is 8.53. The summed E-state index contributed by atoms with van der Waals surface area (Å²) in [4.78, 5) is 1.55. The fourth-order valence-corrected chi connectivity index (χ4v) is 3.40. The van der Waals surface area contributed by atoms with Crippen molar-refractivity contribution in [2.75, 3.05) is 0 Å². The van der Waals surface area contributed by atoms with Gasteiger partial charge in [0, 0.05) is 5.56 Å². The van der Waals surface area contributed by atoms with Crippen molar-refractivity contribution >= 4 is 11.0 Å². The predicted octanol–water partition coefficient (Wildman–Crippen LogP) is 4.48. The summed E-state index contributed by atoms with van der Waals surface area (Å²) < 4.78 is 0. The van der Waals surface area contributed by atoms with E-state index < -0.39 is 0 Å². The van der Waals surface area contributed by atoms with E-state index in [0.717, 1.165) is 41.4 Å². The highest BCUT2D eigenvalue weighted by molar-refractivity contribution is 5.73. The lowest BCUT2D eigenvalue weighted by atomic mass is 9.93. The fourth-order valence-electron chi connectivity index (χ4n) is 3.40. The van der Waals surface area contributed by atoms with Gasteiger partial charge in [-0.1, -0.05) is 29.8 Å². The smallest absolute Gasteiger partial charge is 0.146 e. The highest BCUT2D eigenvalue weighted by Gasteiger charge is 2.15. The molecule has 0 saturated heterocycles. The summed E-state index contributed by atoms with van der Waals surface area (Å²) in [5.74, 6) is 0.285. The molecule has 0 radical (unpaired) electrons. The molecule has 0 unspecified atom stereocenters. The molecular weight excluding hydrogens is 298 g/mol. The van der Waals surface area contributed by atoms with Gasteiger partial charge in [0.1, 0.15) is 22.5 Å². The third-order valence-electron chi connectivity index (χ3n) is 4.62.